The Morgan fingerprint density at radius 2 is 1.89 bits per heavy atom. The van der Waals surface area contributed by atoms with Crippen LogP contribution in [0.4, 0.5) is 5.69 Å². The molecular weight excluding hydrogens is 346 g/mol. The lowest BCUT2D eigenvalue weighted by molar-refractivity contribution is 0.675. The van der Waals surface area contributed by atoms with Crippen LogP contribution in [0.3, 0.4) is 0 Å². The summed E-state index contributed by atoms with van der Waals surface area (Å²) < 4.78 is 0. The lowest BCUT2D eigenvalue weighted by Crippen LogP contribution is -2.13. The summed E-state index contributed by atoms with van der Waals surface area (Å²) in [6.45, 7) is 8.23. The van der Waals surface area contributed by atoms with Gasteiger partial charge in [-0.15, -0.1) is 0 Å². The Morgan fingerprint density at radius 3 is 2.64 bits per heavy atom. The van der Waals surface area contributed by atoms with Gasteiger partial charge in [0.2, 0.25) is 0 Å². The fourth-order valence-corrected chi connectivity index (χ4v) is 2.86. The van der Waals surface area contributed by atoms with Gasteiger partial charge in [-0.3, -0.25) is 10.1 Å². The molecule has 2 aromatic carbocycles. The Labute approximate surface area is 167 Å². The number of aromatic nitrogens is 2. The molecule has 0 unspecified atom stereocenters. The number of hydrogen-bond donors (Lipinski definition) is 3. The second-order valence-electron chi connectivity index (χ2n) is 7.14. The van der Waals surface area contributed by atoms with Gasteiger partial charge in [0.25, 0.3) is 0 Å². The SMILES string of the molecule is CCCNCc1ccc(-c2cc(-c3cccc(NC=NC(C)C)c3)n[nH]2)cc1. The van der Waals surface area contributed by atoms with Gasteiger partial charge < -0.3 is 10.6 Å². The van der Waals surface area contributed by atoms with Crippen molar-refractivity contribution >= 4 is 12.0 Å². The zero-order valence-electron chi connectivity index (χ0n) is 16.9. The molecule has 0 saturated heterocycles. The molecule has 0 saturated carbocycles. The van der Waals surface area contributed by atoms with Crippen LogP contribution in [0.15, 0.2) is 59.6 Å². The first-order valence-corrected chi connectivity index (χ1v) is 9.89. The van der Waals surface area contributed by atoms with Crippen LogP contribution in [0.5, 0.6) is 0 Å². The van der Waals surface area contributed by atoms with E-state index in [1.54, 1.807) is 6.34 Å². The van der Waals surface area contributed by atoms with Crippen molar-refractivity contribution in [1.82, 2.24) is 15.5 Å². The topological polar surface area (TPSA) is 65.1 Å². The van der Waals surface area contributed by atoms with Gasteiger partial charge in [-0.25, -0.2) is 0 Å². The maximum absolute atomic E-state index is 4.50. The molecule has 146 valence electrons. The number of nitrogens with one attached hydrogen (secondary N) is 3. The van der Waals surface area contributed by atoms with Crippen LogP contribution < -0.4 is 10.6 Å². The van der Waals surface area contributed by atoms with Crippen molar-refractivity contribution in [3.63, 3.8) is 0 Å². The lowest BCUT2D eigenvalue weighted by atomic mass is 10.1. The van der Waals surface area contributed by atoms with E-state index < -0.39 is 0 Å². The average molecular weight is 376 g/mol. The summed E-state index contributed by atoms with van der Waals surface area (Å²) >= 11 is 0. The van der Waals surface area contributed by atoms with Crippen LogP contribution in [0.2, 0.25) is 0 Å². The molecule has 3 rings (SSSR count). The summed E-state index contributed by atoms with van der Waals surface area (Å²) in [7, 11) is 0. The van der Waals surface area contributed by atoms with Gasteiger partial charge in [-0.1, -0.05) is 43.3 Å². The number of H-pyrrole nitrogens is 1. The molecule has 1 aromatic heterocycles. The third-order valence-electron chi connectivity index (χ3n) is 4.36. The average Bonchev–Trinajstić information content (AvgIpc) is 3.19. The van der Waals surface area contributed by atoms with E-state index in [9.17, 15) is 0 Å². The molecule has 0 bridgehead atoms. The first kappa shape index (κ1) is 19.8. The second kappa shape index (κ2) is 9.85. The Morgan fingerprint density at radius 1 is 1.07 bits per heavy atom. The van der Waals surface area contributed by atoms with Gasteiger partial charge in [0, 0.05) is 23.8 Å². The van der Waals surface area contributed by atoms with E-state index in [4.69, 9.17) is 0 Å². The minimum absolute atomic E-state index is 0.276. The fourth-order valence-electron chi connectivity index (χ4n) is 2.86. The molecule has 5 heteroatoms. The van der Waals surface area contributed by atoms with Crippen molar-refractivity contribution in [2.75, 3.05) is 11.9 Å². The van der Waals surface area contributed by atoms with E-state index >= 15 is 0 Å². The van der Waals surface area contributed by atoms with Crippen molar-refractivity contribution < 1.29 is 0 Å². The molecule has 1 heterocycles. The smallest absolute Gasteiger partial charge is 0.0927 e. The van der Waals surface area contributed by atoms with E-state index in [1.807, 2.05) is 26.0 Å². The molecule has 0 spiro atoms. The van der Waals surface area contributed by atoms with Crippen LogP contribution in [0, 0.1) is 0 Å². The highest BCUT2D eigenvalue weighted by Gasteiger charge is 2.07. The maximum Gasteiger partial charge on any atom is 0.0927 e. The van der Waals surface area contributed by atoms with Crippen LogP contribution in [-0.2, 0) is 6.54 Å². The van der Waals surface area contributed by atoms with Crippen LogP contribution in [0.25, 0.3) is 22.5 Å². The van der Waals surface area contributed by atoms with Gasteiger partial charge in [-0.2, -0.15) is 5.10 Å². The molecule has 3 aromatic rings. The third kappa shape index (κ3) is 5.54. The molecule has 0 amide bonds. The normalized spacial score (nSPS) is 11.4. The predicted octanol–water partition coefficient (Wildman–Crippen LogP) is 5.09. The lowest BCUT2D eigenvalue weighted by Gasteiger charge is -2.04. The maximum atomic E-state index is 4.50. The van der Waals surface area contributed by atoms with Gasteiger partial charge in [0.15, 0.2) is 0 Å². The predicted molar refractivity (Wildman–Crippen MR) is 119 cm³/mol. The molecule has 3 N–H and O–H groups in total. The van der Waals surface area contributed by atoms with Gasteiger partial charge in [-0.05, 0) is 56.1 Å². The van der Waals surface area contributed by atoms with E-state index in [-0.39, 0.29) is 6.04 Å². The number of benzene rings is 2. The van der Waals surface area contributed by atoms with E-state index in [1.165, 1.54) is 5.56 Å². The number of aliphatic imine (C=N–C) groups is 1. The molecule has 28 heavy (non-hydrogen) atoms. The second-order valence-corrected chi connectivity index (χ2v) is 7.14. The number of aromatic amines is 1. The van der Waals surface area contributed by atoms with Crippen molar-refractivity contribution in [1.29, 1.82) is 0 Å². The zero-order chi connectivity index (χ0) is 19.8. The first-order chi connectivity index (χ1) is 13.7. The van der Waals surface area contributed by atoms with Crippen LogP contribution in [0.1, 0.15) is 32.8 Å². The Hall–Kier alpha value is -2.92. The van der Waals surface area contributed by atoms with Crippen molar-refractivity contribution in [3.05, 3.63) is 60.2 Å². The molecular formula is C23H29N5. The van der Waals surface area contributed by atoms with Gasteiger partial charge in [0.05, 0.1) is 17.7 Å². The molecule has 0 fully saturated rings. The van der Waals surface area contributed by atoms with Crippen LogP contribution >= 0.6 is 0 Å². The monoisotopic (exact) mass is 375 g/mol. The number of nitrogens with zero attached hydrogens (tertiary/aromatic N) is 2. The molecule has 0 radical (unpaired) electrons. The number of anilines is 1. The summed E-state index contributed by atoms with van der Waals surface area (Å²) in [5.74, 6) is 0. The molecule has 5 nitrogen and oxygen atoms in total. The van der Waals surface area contributed by atoms with Crippen LogP contribution in [-0.4, -0.2) is 29.1 Å². The fraction of sp³-hybridized carbons (Fsp3) is 0.304. The minimum atomic E-state index is 0.276. The standard InChI is InChI=1S/C23H29N5/c1-4-12-24-15-18-8-10-19(11-9-18)22-14-23(28-27-22)20-6-5-7-21(13-20)26-16-25-17(2)3/h5-11,13-14,16-17,24H,4,12,15H2,1-3H3,(H,25,26)(H,27,28). The Balaban J connectivity index is 1.70. The van der Waals surface area contributed by atoms with Crippen molar-refractivity contribution in [2.24, 2.45) is 4.99 Å². The summed E-state index contributed by atoms with van der Waals surface area (Å²) in [6, 6.07) is 19.2. The van der Waals surface area contributed by atoms with E-state index in [2.05, 4.69) is 75.2 Å². The highest BCUT2D eigenvalue weighted by atomic mass is 15.1. The number of hydrogen-bond acceptors (Lipinski definition) is 3. The van der Waals surface area contributed by atoms with Crippen molar-refractivity contribution in [3.8, 4) is 22.5 Å². The van der Waals surface area contributed by atoms with Crippen molar-refractivity contribution in [2.45, 2.75) is 39.8 Å². The highest BCUT2D eigenvalue weighted by molar-refractivity contribution is 5.78. The molecule has 0 aliphatic heterocycles. The molecule has 0 aliphatic rings. The van der Waals surface area contributed by atoms with Gasteiger partial charge >= 0.3 is 0 Å². The Bertz CT molecular complexity index is 893. The quantitative estimate of drug-likeness (QED) is 0.277. The molecule has 0 aliphatic carbocycles. The summed E-state index contributed by atoms with van der Waals surface area (Å²) in [4.78, 5) is 4.33. The molecule has 0 atom stereocenters. The Kier molecular flexibility index (Phi) is 6.98. The summed E-state index contributed by atoms with van der Waals surface area (Å²) in [5.41, 5.74) is 6.42. The summed E-state index contributed by atoms with van der Waals surface area (Å²) in [6.07, 6.45) is 2.90. The largest absolute Gasteiger partial charge is 0.347 e. The van der Waals surface area contributed by atoms with E-state index in [0.29, 0.717) is 0 Å². The third-order valence-corrected chi connectivity index (χ3v) is 4.36. The summed E-state index contributed by atoms with van der Waals surface area (Å²) in [5, 5.41) is 14.3. The number of rotatable bonds is 9. The van der Waals surface area contributed by atoms with Gasteiger partial charge in [0.1, 0.15) is 0 Å². The zero-order valence-corrected chi connectivity index (χ0v) is 16.9. The first-order valence-electron chi connectivity index (χ1n) is 9.89. The van der Waals surface area contributed by atoms with E-state index in [0.717, 1.165) is 47.7 Å². The highest BCUT2D eigenvalue weighted by Crippen LogP contribution is 2.25. The minimum Gasteiger partial charge on any atom is -0.347 e.